The highest BCUT2D eigenvalue weighted by atomic mass is 79.9. The number of carbonyl (C=O) groups excluding carboxylic acids is 2. The van der Waals surface area contributed by atoms with E-state index < -0.39 is 5.41 Å². The molecular weight excluding hydrogens is 769 g/mol. The summed E-state index contributed by atoms with van der Waals surface area (Å²) in [6.45, 7) is 10.8. The Morgan fingerprint density at radius 2 is 1.36 bits per heavy atom. The van der Waals surface area contributed by atoms with Crippen LogP contribution in [0.3, 0.4) is 0 Å². The number of alkyl halides is 2. The van der Waals surface area contributed by atoms with Crippen LogP contribution in [0.4, 0.5) is 0 Å². The molecule has 5 rings (SSSR count). The SMILES string of the molecule is C1CCOC1.CC(C)(CCCCl)C(=O)N1CCCC1c1cncc(Br)c1.CC(C)(CCCCl)C(=O)N1N=CCC1c1cncc(Br)c1. The predicted molar refractivity (Wildman–Crippen MR) is 198 cm³/mol. The number of halogens is 4. The van der Waals surface area contributed by atoms with Crippen molar-refractivity contribution in [1.29, 1.82) is 0 Å². The number of carbonyl (C=O) groups is 2. The molecule has 2 fully saturated rings. The maximum Gasteiger partial charge on any atom is 0.248 e. The van der Waals surface area contributed by atoms with Gasteiger partial charge in [-0.3, -0.25) is 19.6 Å². The van der Waals surface area contributed by atoms with Crippen LogP contribution in [0.5, 0.6) is 0 Å². The second-order valence-electron chi connectivity index (χ2n) is 13.4. The van der Waals surface area contributed by atoms with E-state index in [0.717, 1.165) is 84.8 Å². The molecule has 47 heavy (non-hydrogen) atoms. The van der Waals surface area contributed by atoms with Crippen LogP contribution < -0.4 is 0 Å². The lowest BCUT2D eigenvalue weighted by atomic mass is 9.86. The average molecular weight is 819 g/mol. The minimum atomic E-state index is -0.464. The maximum absolute atomic E-state index is 12.9. The monoisotopic (exact) mass is 815 g/mol. The summed E-state index contributed by atoms with van der Waals surface area (Å²) in [4.78, 5) is 36.1. The van der Waals surface area contributed by atoms with Crippen LogP contribution in [0.15, 0.2) is 51.0 Å². The van der Waals surface area contributed by atoms with Crippen molar-refractivity contribution >= 4 is 73.1 Å². The molecule has 2 unspecified atom stereocenters. The number of hydrogen-bond donors (Lipinski definition) is 0. The molecule has 0 saturated carbocycles. The number of hydrogen-bond acceptors (Lipinski definition) is 6. The molecule has 0 aromatic carbocycles. The molecule has 0 aliphatic carbocycles. The van der Waals surface area contributed by atoms with Gasteiger partial charge in [0.25, 0.3) is 0 Å². The number of pyridine rings is 2. The van der Waals surface area contributed by atoms with Gasteiger partial charge in [0.15, 0.2) is 0 Å². The summed E-state index contributed by atoms with van der Waals surface area (Å²) in [5, 5.41) is 5.88. The van der Waals surface area contributed by atoms with Gasteiger partial charge in [0.1, 0.15) is 0 Å². The van der Waals surface area contributed by atoms with E-state index in [1.165, 1.54) is 12.8 Å². The molecule has 0 N–H and O–H groups in total. The third kappa shape index (κ3) is 12.1. The van der Waals surface area contributed by atoms with E-state index in [2.05, 4.69) is 53.0 Å². The quantitative estimate of drug-likeness (QED) is 0.223. The zero-order valence-electron chi connectivity index (χ0n) is 28.1. The average Bonchev–Trinajstić information content (AvgIpc) is 3.86. The number of rotatable bonds is 10. The zero-order valence-corrected chi connectivity index (χ0v) is 32.8. The normalized spacial score (nSPS) is 19.2. The fourth-order valence-corrected chi connectivity index (χ4v) is 6.94. The molecule has 2 aromatic heterocycles. The van der Waals surface area contributed by atoms with Gasteiger partial charge >= 0.3 is 0 Å². The Hall–Kier alpha value is -1.59. The van der Waals surface area contributed by atoms with E-state index in [9.17, 15) is 9.59 Å². The first-order chi connectivity index (χ1) is 22.4. The molecule has 8 nitrogen and oxygen atoms in total. The molecule has 0 bridgehead atoms. The highest BCUT2D eigenvalue weighted by Gasteiger charge is 2.39. The lowest BCUT2D eigenvalue weighted by Gasteiger charge is -2.33. The molecule has 3 aliphatic heterocycles. The van der Waals surface area contributed by atoms with E-state index in [0.29, 0.717) is 11.8 Å². The minimum absolute atomic E-state index is 0.0337. The number of likely N-dealkylation sites (tertiary alicyclic amines) is 1. The Kier molecular flexibility index (Phi) is 16.6. The standard InChI is InChI=1S/C16H22BrClN2O.C15H19BrClN3O.C4H8O/c1-16(2,6-4-7-18)15(21)20-8-3-5-14(20)12-9-13(17)11-19-10-12;1-15(2,5-3-6-17)14(21)20-13(4-7-19-20)11-8-12(16)10-18-9-11;1-2-4-5-3-1/h9-11,14H,3-8H2,1-2H3;7-10,13H,3-6H2,1-2H3;1-4H2. The lowest BCUT2D eigenvalue weighted by molar-refractivity contribution is -0.143. The van der Waals surface area contributed by atoms with E-state index in [1.807, 2.05) is 44.9 Å². The lowest BCUT2D eigenvalue weighted by Crippen LogP contribution is -2.40. The maximum atomic E-state index is 12.9. The summed E-state index contributed by atoms with van der Waals surface area (Å²) in [7, 11) is 0. The molecule has 0 spiro atoms. The van der Waals surface area contributed by atoms with Gasteiger partial charge in [-0.15, -0.1) is 23.2 Å². The Bertz CT molecular complexity index is 1270. The van der Waals surface area contributed by atoms with Crippen molar-refractivity contribution in [3.63, 3.8) is 0 Å². The predicted octanol–water partition coefficient (Wildman–Crippen LogP) is 9.50. The Morgan fingerprint density at radius 1 is 0.830 bits per heavy atom. The molecule has 0 radical (unpaired) electrons. The van der Waals surface area contributed by atoms with Gasteiger partial charge in [0.05, 0.1) is 12.1 Å². The van der Waals surface area contributed by atoms with Gasteiger partial charge in [-0.1, -0.05) is 27.7 Å². The number of nitrogens with zero attached hydrogens (tertiary/aromatic N) is 5. The molecule has 2 atom stereocenters. The van der Waals surface area contributed by atoms with Crippen LogP contribution in [-0.4, -0.2) is 69.4 Å². The fraction of sp³-hybridized carbons (Fsp3) is 0.629. The van der Waals surface area contributed by atoms with Crippen molar-refractivity contribution in [3.05, 3.63) is 57.0 Å². The Balaban J connectivity index is 0.000000222. The minimum Gasteiger partial charge on any atom is -0.381 e. The van der Waals surface area contributed by atoms with Gasteiger partial charge < -0.3 is 9.64 Å². The summed E-state index contributed by atoms with van der Waals surface area (Å²) in [5.74, 6) is 1.44. The third-order valence-electron chi connectivity index (χ3n) is 8.63. The summed E-state index contributed by atoms with van der Waals surface area (Å²) in [5.41, 5.74) is 1.29. The van der Waals surface area contributed by atoms with Crippen molar-refractivity contribution in [2.45, 2.75) is 97.6 Å². The molecule has 3 aliphatic rings. The van der Waals surface area contributed by atoms with Gasteiger partial charge in [0.2, 0.25) is 11.8 Å². The number of amides is 2. The number of ether oxygens (including phenoxy) is 1. The summed E-state index contributed by atoms with van der Waals surface area (Å²) in [6, 6.07) is 4.13. The third-order valence-corrected chi connectivity index (χ3v) is 10.0. The van der Waals surface area contributed by atoms with Crippen LogP contribution in [0.1, 0.15) is 109 Å². The molecule has 2 aromatic rings. The van der Waals surface area contributed by atoms with Crippen LogP contribution >= 0.6 is 55.1 Å². The van der Waals surface area contributed by atoms with Crippen LogP contribution in [-0.2, 0) is 14.3 Å². The highest BCUT2D eigenvalue weighted by molar-refractivity contribution is 9.10. The summed E-state index contributed by atoms with van der Waals surface area (Å²) < 4.78 is 6.81. The van der Waals surface area contributed by atoms with Gasteiger partial charge in [-0.25, -0.2) is 5.01 Å². The largest absolute Gasteiger partial charge is 0.381 e. The molecule has 2 saturated heterocycles. The van der Waals surface area contributed by atoms with Crippen molar-refractivity contribution in [2.75, 3.05) is 31.5 Å². The first-order valence-corrected chi connectivity index (χ1v) is 19.1. The molecule has 260 valence electrons. The van der Waals surface area contributed by atoms with Crippen LogP contribution in [0, 0.1) is 10.8 Å². The topological polar surface area (TPSA) is 88.0 Å². The molecular formula is C35H49Br2Cl2N5O3. The summed E-state index contributed by atoms with van der Waals surface area (Å²) >= 11 is 18.4. The first kappa shape index (κ1) is 39.8. The highest BCUT2D eigenvalue weighted by Crippen LogP contribution is 2.38. The van der Waals surface area contributed by atoms with E-state index >= 15 is 0 Å². The second kappa shape index (κ2) is 19.6. The van der Waals surface area contributed by atoms with Crippen LogP contribution in [0.2, 0.25) is 0 Å². The van der Waals surface area contributed by atoms with Crippen molar-refractivity contribution in [3.8, 4) is 0 Å². The Morgan fingerprint density at radius 3 is 1.85 bits per heavy atom. The summed E-state index contributed by atoms with van der Waals surface area (Å²) in [6.07, 6.45) is 17.6. The van der Waals surface area contributed by atoms with Gasteiger partial charge in [0, 0.05) is 88.7 Å². The van der Waals surface area contributed by atoms with Crippen LogP contribution in [0.25, 0.3) is 0 Å². The van der Waals surface area contributed by atoms with Crippen molar-refractivity contribution < 1.29 is 14.3 Å². The first-order valence-electron chi connectivity index (χ1n) is 16.5. The fourth-order valence-electron chi connectivity index (χ4n) is 5.90. The van der Waals surface area contributed by atoms with Crippen molar-refractivity contribution in [1.82, 2.24) is 19.9 Å². The molecule has 5 heterocycles. The molecule has 2 amide bonds. The van der Waals surface area contributed by atoms with Gasteiger partial charge in [-0.05, 0) is 106 Å². The Labute approximate surface area is 307 Å². The van der Waals surface area contributed by atoms with E-state index in [-0.39, 0.29) is 29.3 Å². The second-order valence-corrected chi connectivity index (χ2v) is 16.0. The van der Waals surface area contributed by atoms with Gasteiger partial charge in [-0.2, -0.15) is 5.10 Å². The van der Waals surface area contributed by atoms with E-state index in [1.54, 1.807) is 29.8 Å². The van der Waals surface area contributed by atoms with E-state index in [4.69, 9.17) is 27.9 Å². The smallest absolute Gasteiger partial charge is 0.248 e. The number of aromatic nitrogens is 2. The number of hydrazone groups is 1. The zero-order chi connectivity index (χ0) is 34.5. The molecule has 12 heteroatoms. The van der Waals surface area contributed by atoms with Crippen molar-refractivity contribution in [2.24, 2.45) is 15.9 Å².